The van der Waals surface area contributed by atoms with Crippen molar-refractivity contribution in [3.8, 4) is 0 Å². The van der Waals surface area contributed by atoms with Gasteiger partial charge in [0.05, 0.1) is 6.04 Å². The van der Waals surface area contributed by atoms with Crippen molar-refractivity contribution in [3.05, 3.63) is 0 Å². The van der Waals surface area contributed by atoms with Crippen LogP contribution >= 0.6 is 11.8 Å². The number of rotatable bonds is 5. The molecular weight excluding hydrogens is 194 g/mol. The standard InChI is InChI=1S/C11H21NOS/c1-10(13)11-6-3-4-7-12(11)8-5-9-14-2/h11H,3-9H2,1-2H3. The van der Waals surface area contributed by atoms with Gasteiger partial charge in [0.25, 0.3) is 0 Å². The second kappa shape index (κ2) is 6.46. The number of Topliss-reactive ketones (excluding diaryl/α,β-unsaturated/α-hetero) is 1. The molecule has 1 aliphatic rings. The van der Waals surface area contributed by atoms with Gasteiger partial charge in [-0.3, -0.25) is 9.69 Å². The highest BCUT2D eigenvalue weighted by Crippen LogP contribution is 2.18. The summed E-state index contributed by atoms with van der Waals surface area (Å²) in [6.45, 7) is 3.96. The number of carbonyl (C=O) groups excluding carboxylic acids is 1. The number of piperidine rings is 1. The van der Waals surface area contributed by atoms with E-state index in [2.05, 4.69) is 11.2 Å². The minimum atomic E-state index is 0.227. The van der Waals surface area contributed by atoms with Gasteiger partial charge in [0.1, 0.15) is 5.78 Å². The largest absolute Gasteiger partial charge is 0.298 e. The molecule has 1 fully saturated rings. The number of hydrogen-bond donors (Lipinski definition) is 0. The molecule has 82 valence electrons. The van der Waals surface area contributed by atoms with Crippen LogP contribution in [0, 0.1) is 0 Å². The Morgan fingerprint density at radius 2 is 2.29 bits per heavy atom. The Balaban J connectivity index is 2.34. The molecule has 1 saturated heterocycles. The molecule has 0 aliphatic carbocycles. The van der Waals surface area contributed by atoms with Gasteiger partial charge in [0.15, 0.2) is 0 Å². The van der Waals surface area contributed by atoms with Gasteiger partial charge in [-0.25, -0.2) is 0 Å². The summed E-state index contributed by atoms with van der Waals surface area (Å²) in [5, 5.41) is 0. The van der Waals surface area contributed by atoms with Crippen LogP contribution in [0.25, 0.3) is 0 Å². The van der Waals surface area contributed by atoms with E-state index in [0.717, 1.165) is 19.5 Å². The maximum atomic E-state index is 11.4. The zero-order valence-electron chi connectivity index (χ0n) is 9.29. The molecule has 0 N–H and O–H groups in total. The van der Waals surface area contributed by atoms with E-state index in [1.807, 2.05) is 11.8 Å². The summed E-state index contributed by atoms with van der Waals surface area (Å²) in [5.41, 5.74) is 0. The molecule has 1 unspecified atom stereocenters. The Morgan fingerprint density at radius 1 is 1.50 bits per heavy atom. The first-order valence-corrected chi connectivity index (χ1v) is 6.88. The lowest BCUT2D eigenvalue weighted by Crippen LogP contribution is -2.44. The summed E-state index contributed by atoms with van der Waals surface area (Å²) in [4.78, 5) is 13.8. The quantitative estimate of drug-likeness (QED) is 0.656. The maximum absolute atomic E-state index is 11.4. The molecule has 1 heterocycles. The number of carbonyl (C=O) groups is 1. The first-order chi connectivity index (χ1) is 6.75. The summed E-state index contributed by atoms with van der Waals surface area (Å²) in [7, 11) is 0. The molecule has 3 heteroatoms. The fourth-order valence-electron chi connectivity index (χ4n) is 2.13. The Kier molecular flexibility index (Phi) is 5.56. The van der Waals surface area contributed by atoms with Gasteiger partial charge in [-0.05, 0) is 51.3 Å². The second-order valence-electron chi connectivity index (χ2n) is 4.00. The third-order valence-corrected chi connectivity index (χ3v) is 3.57. The van der Waals surface area contributed by atoms with E-state index >= 15 is 0 Å². The summed E-state index contributed by atoms with van der Waals surface area (Å²) in [6.07, 6.45) is 6.92. The van der Waals surface area contributed by atoms with Crippen molar-refractivity contribution in [3.63, 3.8) is 0 Å². The highest BCUT2D eigenvalue weighted by atomic mass is 32.2. The fraction of sp³-hybridized carbons (Fsp3) is 0.909. The lowest BCUT2D eigenvalue weighted by Gasteiger charge is -2.33. The van der Waals surface area contributed by atoms with Crippen LogP contribution in [-0.4, -0.2) is 41.8 Å². The Morgan fingerprint density at radius 3 is 2.93 bits per heavy atom. The van der Waals surface area contributed by atoms with Gasteiger partial charge >= 0.3 is 0 Å². The summed E-state index contributed by atoms with van der Waals surface area (Å²) >= 11 is 1.89. The van der Waals surface area contributed by atoms with Crippen molar-refractivity contribution < 1.29 is 4.79 Å². The fourth-order valence-corrected chi connectivity index (χ4v) is 2.55. The second-order valence-corrected chi connectivity index (χ2v) is 4.99. The van der Waals surface area contributed by atoms with Crippen LogP contribution in [0.15, 0.2) is 0 Å². The minimum absolute atomic E-state index is 0.227. The van der Waals surface area contributed by atoms with E-state index < -0.39 is 0 Å². The molecule has 2 nitrogen and oxygen atoms in total. The van der Waals surface area contributed by atoms with Crippen molar-refractivity contribution in [2.75, 3.05) is 25.1 Å². The first kappa shape index (κ1) is 12.1. The Bertz CT molecular complexity index is 184. The lowest BCUT2D eigenvalue weighted by atomic mass is 9.99. The molecule has 1 aliphatic heterocycles. The summed E-state index contributed by atoms with van der Waals surface area (Å²) in [5.74, 6) is 1.56. The lowest BCUT2D eigenvalue weighted by molar-refractivity contribution is -0.123. The van der Waals surface area contributed by atoms with E-state index in [0.29, 0.717) is 5.78 Å². The van der Waals surface area contributed by atoms with Crippen LogP contribution in [0.4, 0.5) is 0 Å². The molecular formula is C11H21NOS. The van der Waals surface area contributed by atoms with E-state index in [9.17, 15) is 4.79 Å². The predicted octanol–water partition coefficient (Wildman–Crippen LogP) is 2.18. The molecule has 0 saturated carbocycles. The predicted molar refractivity (Wildman–Crippen MR) is 62.9 cm³/mol. The van der Waals surface area contributed by atoms with Crippen LogP contribution in [0.1, 0.15) is 32.6 Å². The number of hydrogen-bond acceptors (Lipinski definition) is 3. The van der Waals surface area contributed by atoms with Crippen LogP contribution in [-0.2, 0) is 4.79 Å². The third kappa shape index (κ3) is 3.62. The van der Waals surface area contributed by atoms with Crippen molar-refractivity contribution >= 4 is 17.5 Å². The zero-order chi connectivity index (χ0) is 10.4. The zero-order valence-corrected chi connectivity index (χ0v) is 10.1. The monoisotopic (exact) mass is 215 g/mol. The number of thioether (sulfide) groups is 1. The number of likely N-dealkylation sites (tertiary alicyclic amines) is 1. The minimum Gasteiger partial charge on any atom is -0.298 e. The van der Waals surface area contributed by atoms with Gasteiger partial charge in [0.2, 0.25) is 0 Å². The van der Waals surface area contributed by atoms with E-state index in [1.54, 1.807) is 6.92 Å². The average Bonchev–Trinajstić information content (AvgIpc) is 2.19. The van der Waals surface area contributed by atoms with Crippen LogP contribution in [0.2, 0.25) is 0 Å². The SMILES string of the molecule is CSCCCN1CCCCC1C(C)=O. The Labute approximate surface area is 91.4 Å². The molecule has 0 spiro atoms. The summed E-state index contributed by atoms with van der Waals surface area (Å²) in [6, 6.07) is 0.227. The topological polar surface area (TPSA) is 20.3 Å². The molecule has 0 bridgehead atoms. The molecule has 0 aromatic rings. The molecule has 1 rings (SSSR count). The molecule has 14 heavy (non-hydrogen) atoms. The van der Waals surface area contributed by atoms with Gasteiger partial charge in [-0.1, -0.05) is 6.42 Å². The molecule has 1 atom stereocenters. The molecule has 0 amide bonds. The van der Waals surface area contributed by atoms with Gasteiger partial charge in [0, 0.05) is 0 Å². The van der Waals surface area contributed by atoms with Crippen LogP contribution < -0.4 is 0 Å². The highest BCUT2D eigenvalue weighted by molar-refractivity contribution is 7.98. The Hall–Kier alpha value is -0.0200. The smallest absolute Gasteiger partial charge is 0.146 e. The van der Waals surface area contributed by atoms with Crippen molar-refractivity contribution in [1.29, 1.82) is 0 Å². The van der Waals surface area contributed by atoms with Crippen molar-refractivity contribution in [2.45, 2.75) is 38.6 Å². The van der Waals surface area contributed by atoms with Crippen molar-refractivity contribution in [2.24, 2.45) is 0 Å². The van der Waals surface area contributed by atoms with Crippen LogP contribution in [0.5, 0.6) is 0 Å². The molecule has 0 aromatic heterocycles. The third-order valence-electron chi connectivity index (χ3n) is 2.88. The van der Waals surface area contributed by atoms with Crippen LogP contribution in [0.3, 0.4) is 0 Å². The van der Waals surface area contributed by atoms with Gasteiger partial charge in [-0.2, -0.15) is 11.8 Å². The van der Waals surface area contributed by atoms with E-state index in [1.165, 1.54) is 25.0 Å². The number of nitrogens with zero attached hydrogens (tertiary/aromatic N) is 1. The highest BCUT2D eigenvalue weighted by Gasteiger charge is 2.24. The van der Waals surface area contributed by atoms with Gasteiger partial charge < -0.3 is 0 Å². The number of ketones is 1. The maximum Gasteiger partial charge on any atom is 0.146 e. The van der Waals surface area contributed by atoms with Gasteiger partial charge in [-0.15, -0.1) is 0 Å². The van der Waals surface area contributed by atoms with E-state index in [-0.39, 0.29) is 6.04 Å². The first-order valence-electron chi connectivity index (χ1n) is 5.49. The molecule has 0 aromatic carbocycles. The average molecular weight is 215 g/mol. The normalized spacial score (nSPS) is 23.7. The van der Waals surface area contributed by atoms with Crippen molar-refractivity contribution in [1.82, 2.24) is 4.90 Å². The van der Waals surface area contributed by atoms with E-state index in [4.69, 9.17) is 0 Å². The summed E-state index contributed by atoms with van der Waals surface area (Å²) < 4.78 is 0. The molecule has 0 radical (unpaired) electrons.